The smallest absolute Gasteiger partial charge is 0.412 e. The van der Waals surface area contributed by atoms with Gasteiger partial charge in [-0.05, 0) is 66.9 Å². The molecule has 0 radical (unpaired) electrons. The molecule has 0 saturated carbocycles. The lowest BCUT2D eigenvalue weighted by molar-refractivity contribution is -0.132. The first kappa shape index (κ1) is 29.6. The van der Waals surface area contributed by atoms with E-state index in [2.05, 4.69) is 10.2 Å². The molecule has 0 bridgehead atoms. The van der Waals surface area contributed by atoms with E-state index in [-0.39, 0.29) is 11.7 Å². The van der Waals surface area contributed by atoms with Crippen LogP contribution in [-0.2, 0) is 21.7 Å². The van der Waals surface area contributed by atoms with Gasteiger partial charge in [0, 0.05) is 50.1 Å². The van der Waals surface area contributed by atoms with Crippen molar-refractivity contribution in [3.8, 4) is 0 Å². The minimum atomic E-state index is -0.837. The average Bonchev–Trinajstić information content (AvgIpc) is 2.95. The van der Waals surface area contributed by atoms with Crippen molar-refractivity contribution in [3.63, 3.8) is 0 Å². The normalized spacial score (nSPS) is 17.0. The van der Waals surface area contributed by atoms with Gasteiger partial charge in [-0.15, -0.1) is 0 Å². The number of hydrogen-bond donors (Lipinski definition) is 1. The summed E-state index contributed by atoms with van der Waals surface area (Å²) in [6, 6.07) is 17.2. The Balaban J connectivity index is 1.24. The monoisotopic (exact) mass is 617 g/mol. The van der Waals surface area contributed by atoms with Gasteiger partial charge in [0.15, 0.2) is 0 Å². The summed E-state index contributed by atoms with van der Waals surface area (Å²) < 4.78 is 19.8. The number of benzene rings is 3. The van der Waals surface area contributed by atoms with E-state index in [1.54, 1.807) is 30.1 Å². The van der Waals surface area contributed by atoms with Crippen LogP contribution in [0, 0.1) is 5.82 Å². The molecule has 0 aliphatic carbocycles. The number of piperidine rings is 1. The summed E-state index contributed by atoms with van der Waals surface area (Å²) in [7, 11) is 1.78. The Morgan fingerprint density at radius 2 is 1.80 bits per heavy atom. The van der Waals surface area contributed by atoms with E-state index >= 15 is 0 Å². The topological polar surface area (TPSA) is 61.9 Å². The minimum Gasteiger partial charge on any atom is -0.438 e. The maximum Gasteiger partial charge on any atom is 0.412 e. The quantitative estimate of drug-likeness (QED) is 0.279. The second-order valence-corrected chi connectivity index (χ2v) is 11.9. The standard InChI is InChI=1S/C31H31Cl3FN3O3/c1-37(19-21-5-2-3-7-25(21)32)29(39)23(20-8-10-26(33)27(34)17-20)6-4-14-38-15-12-31(13-16-38)24-18-22(35)9-11-28(24)36-30(40)41-31/h2-3,5,7-11,17-18,23H,4,6,12-16,19H2,1H3,(H,36,40). The Bertz CT molecular complexity index is 1450. The van der Waals surface area contributed by atoms with Crippen LogP contribution in [0.3, 0.4) is 0 Å². The third-order valence-electron chi connectivity index (χ3n) is 8.01. The maximum atomic E-state index is 14.1. The molecule has 2 aliphatic rings. The first-order valence-corrected chi connectivity index (χ1v) is 14.7. The fraction of sp³-hybridized carbons (Fsp3) is 0.355. The molecule has 1 N–H and O–H groups in total. The van der Waals surface area contributed by atoms with E-state index in [0.29, 0.717) is 65.2 Å². The van der Waals surface area contributed by atoms with Crippen LogP contribution in [-0.4, -0.2) is 48.5 Å². The van der Waals surface area contributed by atoms with Crippen LogP contribution < -0.4 is 5.32 Å². The highest BCUT2D eigenvalue weighted by Crippen LogP contribution is 2.44. The summed E-state index contributed by atoms with van der Waals surface area (Å²) in [6.07, 6.45) is 1.98. The molecule has 10 heteroatoms. The summed E-state index contributed by atoms with van der Waals surface area (Å²) in [4.78, 5) is 30.0. The van der Waals surface area contributed by atoms with Crippen LogP contribution >= 0.6 is 34.8 Å². The molecular formula is C31H31Cl3FN3O3. The number of likely N-dealkylation sites (N-methyl/N-ethyl adjacent to an activating group) is 1. The molecule has 1 spiro atoms. The van der Waals surface area contributed by atoms with Gasteiger partial charge in [0.1, 0.15) is 11.4 Å². The van der Waals surface area contributed by atoms with E-state index in [0.717, 1.165) is 24.1 Å². The van der Waals surface area contributed by atoms with E-state index in [4.69, 9.17) is 39.5 Å². The Kier molecular flexibility index (Phi) is 9.09. The predicted octanol–water partition coefficient (Wildman–Crippen LogP) is 7.86. The van der Waals surface area contributed by atoms with Crippen molar-refractivity contribution in [2.75, 3.05) is 32.0 Å². The third-order valence-corrected chi connectivity index (χ3v) is 9.12. The SMILES string of the molecule is CN(Cc1ccccc1Cl)C(=O)C(CCCN1CCC2(CC1)OC(=O)Nc1ccc(F)cc12)c1ccc(Cl)c(Cl)c1. The largest absolute Gasteiger partial charge is 0.438 e. The summed E-state index contributed by atoms with van der Waals surface area (Å²) in [6.45, 7) is 2.51. The van der Waals surface area contributed by atoms with Gasteiger partial charge in [-0.3, -0.25) is 10.1 Å². The molecule has 1 saturated heterocycles. The van der Waals surface area contributed by atoms with Crippen molar-refractivity contribution in [2.45, 2.75) is 43.7 Å². The molecule has 2 aliphatic heterocycles. The zero-order valence-corrected chi connectivity index (χ0v) is 24.9. The molecule has 1 unspecified atom stereocenters. The van der Waals surface area contributed by atoms with Gasteiger partial charge in [-0.1, -0.05) is 59.1 Å². The first-order valence-electron chi connectivity index (χ1n) is 13.6. The molecule has 2 heterocycles. The molecule has 41 heavy (non-hydrogen) atoms. The fourth-order valence-electron chi connectivity index (χ4n) is 5.79. The highest BCUT2D eigenvalue weighted by Gasteiger charge is 2.44. The van der Waals surface area contributed by atoms with Crippen LogP contribution in [0.1, 0.15) is 48.3 Å². The average molecular weight is 619 g/mol. The van der Waals surface area contributed by atoms with Crippen LogP contribution in [0.25, 0.3) is 0 Å². The lowest BCUT2D eigenvalue weighted by Crippen LogP contribution is -2.48. The van der Waals surface area contributed by atoms with E-state index in [1.165, 1.54) is 12.1 Å². The number of halogens is 4. The molecule has 0 aromatic heterocycles. The summed E-state index contributed by atoms with van der Waals surface area (Å²) in [5.41, 5.74) is 2.13. The van der Waals surface area contributed by atoms with Crippen molar-refractivity contribution < 1.29 is 18.7 Å². The molecule has 216 valence electrons. The molecule has 6 nitrogen and oxygen atoms in total. The van der Waals surface area contributed by atoms with Gasteiger partial charge in [-0.25, -0.2) is 9.18 Å². The van der Waals surface area contributed by atoms with Crippen LogP contribution in [0.15, 0.2) is 60.7 Å². The lowest BCUT2D eigenvalue weighted by atomic mass is 9.82. The van der Waals surface area contributed by atoms with E-state index < -0.39 is 17.6 Å². The maximum absolute atomic E-state index is 14.1. The third kappa shape index (κ3) is 6.64. The fourth-order valence-corrected chi connectivity index (χ4v) is 6.29. The van der Waals surface area contributed by atoms with E-state index in [9.17, 15) is 14.0 Å². The van der Waals surface area contributed by atoms with Gasteiger partial charge < -0.3 is 14.5 Å². The molecule has 5 rings (SSSR count). The van der Waals surface area contributed by atoms with Gasteiger partial charge in [0.05, 0.1) is 21.7 Å². The summed E-state index contributed by atoms with van der Waals surface area (Å²) in [5, 5.41) is 4.14. The first-order chi connectivity index (χ1) is 19.6. The number of amides is 2. The zero-order chi connectivity index (χ0) is 29.1. The number of nitrogens with zero attached hydrogens (tertiary/aromatic N) is 2. The van der Waals surface area contributed by atoms with Crippen molar-refractivity contribution in [2.24, 2.45) is 0 Å². The number of anilines is 1. The molecular weight excluding hydrogens is 588 g/mol. The molecule has 3 aromatic carbocycles. The van der Waals surface area contributed by atoms with Gasteiger partial charge in [0.2, 0.25) is 5.91 Å². The van der Waals surface area contributed by atoms with Crippen LogP contribution in [0.4, 0.5) is 14.9 Å². The van der Waals surface area contributed by atoms with Crippen molar-refractivity contribution in [1.82, 2.24) is 9.80 Å². The highest BCUT2D eigenvalue weighted by molar-refractivity contribution is 6.42. The number of ether oxygens (including phenoxy) is 1. The van der Waals surface area contributed by atoms with Gasteiger partial charge in [-0.2, -0.15) is 0 Å². The number of hydrogen-bond acceptors (Lipinski definition) is 4. The van der Waals surface area contributed by atoms with Gasteiger partial charge >= 0.3 is 6.09 Å². The molecule has 1 atom stereocenters. The van der Waals surface area contributed by atoms with Crippen molar-refractivity contribution in [1.29, 1.82) is 0 Å². The van der Waals surface area contributed by atoms with Crippen molar-refractivity contribution >= 4 is 52.5 Å². The van der Waals surface area contributed by atoms with Gasteiger partial charge in [0.25, 0.3) is 0 Å². The Labute approximate surface area is 254 Å². The highest BCUT2D eigenvalue weighted by atomic mass is 35.5. The second-order valence-electron chi connectivity index (χ2n) is 10.7. The lowest BCUT2D eigenvalue weighted by Gasteiger charge is -2.44. The number of nitrogens with one attached hydrogen (secondary N) is 1. The molecule has 2 amide bonds. The second kappa shape index (κ2) is 12.6. The predicted molar refractivity (Wildman–Crippen MR) is 160 cm³/mol. The number of likely N-dealkylation sites (tertiary alicyclic amines) is 1. The Hall–Kier alpha value is -2.84. The minimum absolute atomic E-state index is 0.0267. The Morgan fingerprint density at radius 1 is 1.05 bits per heavy atom. The number of fused-ring (bicyclic) bond motifs is 2. The molecule has 3 aromatic rings. The Morgan fingerprint density at radius 3 is 2.54 bits per heavy atom. The zero-order valence-electron chi connectivity index (χ0n) is 22.6. The van der Waals surface area contributed by atoms with Crippen LogP contribution in [0.5, 0.6) is 0 Å². The van der Waals surface area contributed by atoms with E-state index in [1.807, 2.05) is 30.3 Å². The number of rotatable bonds is 8. The number of carbonyl (C=O) groups excluding carboxylic acids is 2. The summed E-state index contributed by atoms with van der Waals surface area (Å²) >= 11 is 18.8. The number of carbonyl (C=O) groups is 2. The van der Waals surface area contributed by atoms with Crippen LogP contribution in [0.2, 0.25) is 15.1 Å². The summed E-state index contributed by atoms with van der Waals surface area (Å²) in [5.74, 6) is -0.794. The molecule has 1 fully saturated rings. The van der Waals surface area contributed by atoms with Crippen molar-refractivity contribution in [3.05, 3.63) is 98.2 Å².